The Morgan fingerprint density at radius 3 is 2.12 bits per heavy atom. The third kappa shape index (κ3) is 3.55. The zero-order chi connectivity index (χ0) is 18.2. The molecule has 0 amide bonds. The SMILES string of the molecule is CC1(C)OB(c2ccc(OCc3cccc(F)c3F)cc2)OC1(C)C. The summed E-state index contributed by atoms with van der Waals surface area (Å²) in [5.41, 5.74) is 0.252. The molecule has 1 saturated heterocycles. The molecule has 0 saturated carbocycles. The molecule has 2 aromatic carbocycles. The van der Waals surface area contributed by atoms with Crippen molar-refractivity contribution in [2.75, 3.05) is 0 Å². The Hall–Kier alpha value is -1.92. The van der Waals surface area contributed by atoms with Crippen LogP contribution in [-0.2, 0) is 15.9 Å². The smallest absolute Gasteiger partial charge is 0.489 e. The first-order chi connectivity index (χ1) is 11.7. The molecule has 0 aliphatic carbocycles. The lowest BCUT2D eigenvalue weighted by molar-refractivity contribution is 0.00578. The van der Waals surface area contributed by atoms with E-state index in [4.69, 9.17) is 14.0 Å². The zero-order valence-corrected chi connectivity index (χ0v) is 14.8. The molecule has 0 N–H and O–H groups in total. The lowest BCUT2D eigenvalue weighted by atomic mass is 9.79. The van der Waals surface area contributed by atoms with E-state index in [0.29, 0.717) is 5.75 Å². The van der Waals surface area contributed by atoms with Gasteiger partial charge in [0.1, 0.15) is 12.4 Å². The van der Waals surface area contributed by atoms with E-state index in [2.05, 4.69) is 0 Å². The van der Waals surface area contributed by atoms with Gasteiger partial charge in [0.2, 0.25) is 0 Å². The van der Waals surface area contributed by atoms with Gasteiger partial charge in [-0.3, -0.25) is 0 Å². The van der Waals surface area contributed by atoms with Crippen LogP contribution in [0.4, 0.5) is 8.78 Å². The van der Waals surface area contributed by atoms with Crippen molar-refractivity contribution in [1.82, 2.24) is 0 Å². The lowest BCUT2D eigenvalue weighted by Crippen LogP contribution is -2.41. The first kappa shape index (κ1) is 17.9. The predicted molar refractivity (Wildman–Crippen MR) is 92.8 cm³/mol. The molecule has 0 radical (unpaired) electrons. The molecule has 1 aliphatic rings. The van der Waals surface area contributed by atoms with Crippen molar-refractivity contribution in [3.63, 3.8) is 0 Å². The Kier molecular flexibility index (Phi) is 4.60. The molecular weight excluding hydrogens is 325 g/mol. The number of benzene rings is 2. The third-order valence-electron chi connectivity index (χ3n) is 4.83. The molecule has 0 bridgehead atoms. The molecule has 3 nitrogen and oxygen atoms in total. The molecule has 1 heterocycles. The molecule has 0 unspecified atom stereocenters. The van der Waals surface area contributed by atoms with E-state index in [1.54, 1.807) is 12.1 Å². The van der Waals surface area contributed by atoms with Crippen molar-refractivity contribution in [3.8, 4) is 5.75 Å². The van der Waals surface area contributed by atoms with Gasteiger partial charge in [0, 0.05) is 5.56 Å². The van der Waals surface area contributed by atoms with Gasteiger partial charge in [0.25, 0.3) is 0 Å². The van der Waals surface area contributed by atoms with Gasteiger partial charge in [-0.25, -0.2) is 8.78 Å². The van der Waals surface area contributed by atoms with E-state index in [-0.39, 0.29) is 12.2 Å². The highest BCUT2D eigenvalue weighted by Gasteiger charge is 2.51. The zero-order valence-electron chi connectivity index (χ0n) is 14.8. The number of halogens is 2. The molecule has 25 heavy (non-hydrogen) atoms. The molecule has 1 fully saturated rings. The summed E-state index contributed by atoms with van der Waals surface area (Å²) in [6.45, 7) is 7.95. The maximum absolute atomic E-state index is 13.6. The number of hydrogen-bond acceptors (Lipinski definition) is 3. The molecule has 0 spiro atoms. The maximum Gasteiger partial charge on any atom is 0.494 e. The normalized spacial score (nSPS) is 18.4. The Morgan fingerprint density at radius 1 is 0.920 bits per heavy atom. The van der Waals surface area contributed by atoms with Crippen LogP contribution in [0.3, 0.4) is 0 Å². The maximum atomic E-state index is 13.6. The molecule has 0 atom stereocenters. The fourth-order valence-electron chi connectivity index (χ4n) is 2.52. The highest BCUT2D eigenvalue weighted by Crippen LogP contribution is 2.36. The van der Waals surface area contributed by atoms with Crippen molar-refractivity contribution >= 4 is 12.6 Å². The summed E-state index contributed by atoms with van der Waals surface area (Å²) < 4.78 is 44.4. The summed E-state index contributed by atoms with van der Waals surface area (Å²) in [6, 6.07) is 11.3. The van der Waals surface area contributed by atoms with Crippen LogP contribution in [0.15, 0.2) is 42.5 Å². The quantitative estimate of drug-likeness (QED) is 0.788. The third-order valence-corrected chi connectivity index (χ3v) is 4.83. The lowest BCUT2D eigenvalue weighted by Gasteiger charge is -2.32. The Labute approximate surface area is 147 Å². The Morgan fingerprint density at radius 2 is 1.52 bits per heavy atom. The van der Waals surface area contributed by atoms with Crippen molar-refractivity contribution < 1.29 is 22.8 Å². The summed E-state index contributed by atoms with van der Waals surface area (Å²) in [5, 5.41) is 0. The predicted octanol–water partition coefficient (Wildman–Crippen LogP) is 3.84. The summed E-state index contributed by atoms with van der Waals surface area (Å²) in [5.74, 6) is -1.20. The monoisotopic (exact) mass is 346 g/mol. The topological polar surface area (TPSA) is 27.7 Å². The van der Waals surface area contributed by atoms with Crippen LogP contribution in [-0.4, -0.2) is 18.3 Å². The minimum atomic E-state index is -0.878. The van der Waals surface area contributed by atoms with E-state index in [1.165, 1.54) is 12.1 Å². The van der Waals surface area contributed by atoms with Crippen molar-refractivity contribution in [2.45, 2.75) is 45.5 Å². The first-order valence-corrected chi connectivity index (χ1v) is 8.21. The number of rotatable bonds is 4. The van der Waals surface area contributed by atoms with Crippen molar-refractivity contribution in [2.24, 2.45) is 0 Å². The van der Waals surface area contributed by atoms with Crippen molar-refractivity contribution in [1.29, 1.82) is 0 Å². The summed E-state index contributed by atoms with van der Waals surface area (Å²) in [7, 11) is -0.445. The van der Waals surface area contributed by atoms with Crippen LogP contribution < -0.4 is 10.2 Å². The largest absolute Gasteiger partial charge is 0.494 e. The highest BCUT2D eigenvalue weighted by atomic mass is 19.2. The van der Waals surface area contributed by atoms with Gasteiger partial charge >= 0.3 is 7.12 Å². The standard InChI is InChI=1S/C19H21BF2O3/c1-18(2)19(3,4)25-20(24-18)14-8-10-15(11-9-14)23-12-13-6-5-7-16(21)17(13)22/h5-11H,12H2,1-4H3. The second kappa shape index (κ2) is 6.43. The number of ether oxygens (including phenoxy) is 1. The average Bonchev–Trinajstić information content (AvgIpc) is 2.77. The van der Waals surface area contributed by atoms with E-state index < -0.39 is 30.0 Å². The minimum Gasteiger partial charge on any atom is -0.489 e. The van der Waals surface area contributed by atoms with Crippen LogP contribution in [0, 0.1) is 11.6 Å². The van der Waals surface area contributed by atoms with Gasteiger partial charge in [0.15, 0.2) is 11.6 Å². The van der Waals surface area contributed by atoms with Crippen molar-refractivity contribution in [3.05, 3.63) is 59.7 Å². The van der Waals surface area contributed by atoms with Gasteiger partial charge in [-0.2, -0.15) is 0 Å². The van der Waals surface area contributed by atoms with E-state index >= 15 is 0 Å². The second-order valence-corrected chi connectivity index (χ2v) is 7.16. The average molecular weight is 346 g/mol. The molecule has 0 aromatic heterocycles. The first-order valence-electron chi connectivity index (χ1n) is 8.21. The fourth-order valence-corrected chi connectivity index (χ4v) is 2.52. The molecule has 2 aromatic rings. The Bertz CT molecular complexity index is 744. The molecule has 3 rings (SSSR count). The molecular formula is C19H21BF2O3. The van der Waals surface area contributed by atoms with Gasteiger partial charge < -0.3 is 14.0 Å². The second-order valence-electron chi connectivity index (χ2n) is 7.16. The summed E-state index contributed by atoms with van der Waals surface area (Å²) in [6.07, 6.45) is 0. The van der Waals surface area contributed by atoms with Gasteiger partial charge in [-0.05, 0) is 51.4 Å². The van der Waals surface area contributed by atoms with Gasteiger partial charge in [-0.15, -0.1) is 0 Å². The van der Waals surface area contributed by atoms with E-state index in [0.717, 1.165) is 11.5 Å². The fraction of sp³-hybridized carbons (Fsp3) is 0.368. The van der Waals surface area contributed by atoms with E-state index in [1.807, 2.05) is 39.8 Å². The highest BCUT2D eigenvalue weighted by molar-refractivity contribution is 6.62. The van der Waals surface area contributed by atoms with E-state index in [9.17, 15) is 8.78 Å². The van der Waals surface area contributed by atoms with Crippen LogP contribution >= 0.6 is 0 Å². The van der Waals surface area contributed by atoms with Gasteiger partial charge in [0.05, 0.1) is 11.2 Å². The molecule has 1 aliphatic heterocycles. The van der Waals surface area contributed by atoms with Gasteiger partial charge in [-0.1, -0.05) is 24.3 Å². The number of hydrogen-bond donors (Lipinski definition) is 0. The molecule has 6 heteroatoms. The summed E-state index contributed by atoms with van der Waals surface area (Å²) >= 11 is 0. The summed E-state index contributed by atoms with van der Waals surface area (Å²) in [4.78, 5) is 0. The van der Waals surface area contributed by atoms with Crippen LogP contribution in [0.1, 0.15) is 33.3 Å². The van der Waals surface area contributed by atoms with Crippen LogP contribution in [0.5, 0.6) is 5.75 Å². The minimum absolute atomic E-state index is 0.0422. The Balaban J connectivity index is 1.66. The van der Waals surface area contributed by atoms with Crippen LogP contribution in [0.2, 0.25) is 0 Å². The van der Waals surface area contributed by atoms with Crippen LogP contribution in [0.25, 0.3) is 0 Å². The molecule has 132 valence electrons.